The predicted molar refractivity (Wildman–Crippen MR) is 43.0 cm³/mol. The molecule has 58 valence electrons. The Morgan fingerprint density at radius 3 is 2.91 bits per heavy atom. The fraction of sp³-hybridized carbons (Fsp3) is 0. The van der Waals surface area contributed by atoms with Crippen LogP contribution in [0.5, 0.6) is 0 Å². The maximum Gasteiger partial charge on any atom is 0.154 e. The molecular formula is C6H7ClN4. The Labute approximate surface area is 68.7 Å². The first kappa shape index (κ1) is 7.97. The van der Waals surface area contributed by atoms with Crippen molar-refractivity contribution < 1.29 is 0 Å². The summed E-state index contributed by atoms with van der Waals surface area (Å²) in [4.78, 5) is 4.04. The molecule has 5 heteroatoms. The molecule has 11 heavy (non-hydrogen) atoms. The normalized spacial score (nSPS) is 8.91. The van der Waals surface area contributed by atoms with E-state index in [1.807, 2.05) is 18.3 Å². The second-order valence-electron chi connectivity index (χ2n) is 1.75. The standard InChI is InChI=1S/C6H5N3.ClH2N/c1-3-7-6-2-4-8-9(6)5-1;1-2/h1-5H;2H2. The van der Waals surface area contributed by atoms with Gasteiger partial charge in [-0.25, -0.2) is 14.8 Å². The molecule has 0 amide bonds. The van der Waals surface area contributed by atoms with Gasteiger partial charge < -0.3 is 0 Å². The van der Waals surface area contributed by atoms with E-state index in [-0.39, 0.29) is 0 Å². The number of rotatable bonds is 0. The van der Waals surface area contributed by atoms with Gasteiger partial charge in [0.1, 0.15) is 0 Å². The van der Waals surface area contributed by atoms with Crippen LogP contribution in [0.15, 0.2) is 30.7 Å². The van der Waals surface area contributed by atoms with Gasteiger partial charge in [0.2, 0.25) is 0 Å². The lowest BCUT2D eigenvalue weighted by Crippen LogP contribution is -1.85. The topological polar surface area (TPSA) is 56.2 Å². The summed E-state index contributed by atoms with van der Waals surface area (Å²) in [5, 5.41) is 7.95. The number of aromatic nitrogens is 3. The second kappa shape index (κ2) is 3.90. The van der Waals surface area contributed by atoms with Gasteiger partial charge in [0.05, 0.1) is 6.20 Å². The van der Waals surface area contributed by atoms with Crippen LogP contribution in [0.4, 0.5) is 0 Å². The van der Waals surface area contributed by atoms with Gasteiger partial charge in [-0.1, -0.05) is 0 Å². The van der Waals surface area contributed by atoms with Crippen LogP contribution >= 0.6 is 11.8 Å². The fourth-order valence-electron chi connectivity index (χ4n) is 0.764. The minimum atomic E-state index is 0.887. The molecule has 0 fully saturated rings. The summed E-state index contributed by atoms with van der Waals surface area (Å²) < 4.78 is 1.72. The molecule has 2 N–H and O–H groups in total. The number of nitrogens with two attached hydrogens (primary N) is 1. The molecule has 0 aromatic carbocycles. The second-order valence-corrected chi connectivity index (χ2v) is 1.75. The summed E-state index contributed by atoms with van der Waals surface area (Å²) >= 11 is 4.14. The van der Waals surface area contributed by atoms with Gasteiger partial charge in [0.25, 0.3) is 0 Å². The minimum absolute atomic E-state index is 0.887. The molecular weight excluding hydrogens is 164 g/mol. The van der Waals surface area contributed by atoms with Gasteiger partial charge in [-0.05, 0) is 17.8 Å². The van der Waals surface area contributed by atoms with E-state index >= 15 is 0 Å². The Balaban J connectivity index is 0.000000281. The van der Waals surface area contributed by atoms with Crippen LogP contribution < -0.4 is 5.25 Å². The Kier molecular flexibility index (Phi) is 2.83. The molecule has 2 aromatic rings. The first-order valence-electron chi connectivity index (χ1n) is 2.93. The van der Waals surface area contributed by atoms with E-state index in [1.54, 1.807) is 16.9 Å². The molecule has 0 spiro atoms. The van der Waals surface area contributed by atoms with Crippen LogP contribution in [0.1, 0.15) is 0 Å². The van der Waals surface area contributed by atoms with Crippen LogP contribution in [0, 0.1) is 0 Å². The molecule has 0 radical (unpaired) electrons. The lowest BCUT2D eigenvalue weighted by Gasteiger charge is -1.85. The molecule has 2 aromatic heterocycles. The molecule has 0 aliphatic rings. The maximum atomic E-state index is 4.14. The highest BCUT2D eigenvalue weighted by atomic mass is 35.5. The van der Waals surface area contributed by atoms with Crippen LogP contribution in [-0.4, -0.2) is 14.6 Å². The van der Waals surface area contributed by atoms with Crippen molar-refractivity contribution >= 4 is 17.4 Å². The number of halogens is 1. The van der Waals surface area contributed by atoms with E-state index in [2.05, 4.69) is 27.1 Å². The quantitative estimate of drug-likeness (QED) is 0.596. The van der Waals surface area contributed by atoms with Crippen molar-refractivity contribution in [3.05, 3.63) is 30.7 Å². The van der Waals surface area contributed by atoms with Gasteiger partial charge in [-0.15, -0.1) is 0 Å². The minimum Gasteiger partial charge on any atom is -0.247 e. The molecule has 2 rings (SSSR count). The zero-order valence-corrected chi connectivity index (χ0v) is 6.44. The van der Waals surface area contributed by atoms with E-state index in [1.165, 1.54) is 0 Å². The van der Waals surface area contributed by atoms with Gasteiger partial charge in [-0.2, -0.15) is 5.10 Å². The Morgan fingerprint density at radius 1 is 1.36 bits per heavy atom. The van der Waals surface area contributed by atoms with Gasteiger partial charge in [0, 0.05) is 18.5 Å². The molecule has 4 nitrogen and oxygen atoms in total. The zero-order chi connectivity index (χ0) is 8.10. The van der Waals surface area contributed by atoms with Crippen LogP contribution in [0.2, 0.25) is 0 Å². The number of hydrogen-bond acceptors (Lipinski definition) is 3. The highest BCUT2D eigenvalue weighted by Gasteiger charge is 1.86. The summed E-state index contributed by atoms with van der Waals surface area (Å²) in [5.74, 6) is 0. The van der Waals surface area contributed by atoms with Crippen molar-refractivity contribution in [1.82, 2.24) is 14.6 Å². The Hall–Kier alpha value is -1.13. The number of fused-ring (bicyclic) bond motifs is 1. The Bertz CT molecular complexity index is 289. The first-order chi connectivity index (χ1) is 5.47. The van der Waals surface area contributed by atoms with Gasteiger partial charge in [-0.3, -0.25) is 0 Å². The highest BCUT2D eigenvalue weighted by molar-refractivity contribution is 6.11. The summed E-state index contributed by atoms with van der Waals surface area (Å²) in [5.41, 5.74) is 0.887. The first-order valence-corrected chi connectivity index (χ1v) is 3.37. The van der Waals surface area contributed by atoms with Gasteiger partial charge in [0.15, 0.2) is 5.65 Å². The van der Waals surface area contributed by atoms with Crippen LogP contribution in [-0.2, 0) is 0 Å². The van der Waals surface area contributed by atoms with E-state index in [0.29, 0.717) is 0 Å². The van der Waals surface area contributed by atoms with Crippen molar-refractivity contribution in [2.24, 2.45) is 5.25 Å². The monoisotopic (exact) mass is 170 g/mol. The number of hydrogen-bond donors (Lipinski definition) is 1. The average Bonchev–Trinajstić information content (AvgIpc) is 2.55. The highest BCUT2D eigenvalue weighted by Crippen LogP contribution is 1.93. The smallest absolute Gasteiger partial charge is 0.154 e. The van der Waals surface area contributed by atoms with Crippen LogP contribution in [0.3, 0.4) is 0 Å². The SMILES string of the molecule is NCl.c1cnc2ccnn2c1. The lowest BCUT2D eigenvalue weighted by atomic mass is 10.6. The maximum absolute atomic E-state index is 4.14. The van der Waals surface area contributed by atoms with Crippen molar-refractivity contribution in [2.75, 3.05) is 0 Å². The summed E-state index contributed by atoms with van der Waals surface area (Å²) in [6, 6.07) is 3.71. The summed E-state index contributed by atoms with van der Waals surface area (Å²) in [6.45, 7) is 0. The molecule has 0 saturated carbocycles. The predicted octanol–water partition coefficient (Wildman–Crippen LogP) is 0.828. The van der Waals surface area contributed by atoms with E-state index < -0.39 is 0 Å². The third-order valence-electron chi connectivity index (χ3n) is 1.17. The fourth-order valence-corrected chi connectivity index (χ4v) is 0.764. The van der Waals surface area contributed by atoms with Crippen molar-refractivity contribution in [2.45, 2.75) is 0 Å². The molecule has 0 aliphatic carbocycles. The van der Waals surface area contributed by atoms with Crippen LogP contribution in [0.25, 0.3) is 5.65 Å². The third-order valence-corrected chi connectivity index (χ3v) is 1.17. The van der Waals surface area contributed by atoms with Gasteiger partial charge >= 0.3 is 0 Å². The van der Waals surface area contributed by atoms with E-state index in [0.717, 1.165) is 5.65 Å². The van der Waals surface area contributed by atoms with Crippen molar-refractivity contribution in [3.8, 4) is 0 Å². The Morgan fingerprint density at radius 2 is 2.18 bits per heavy atom. The van der Waals surface area contributed by atoms with Crippen molar-refractivity contribution in [3.63, 3.8) is 0 Å². The van der Waals surface area contributed by atoms with E-state index in [9.17, 15) is 0 Å². The molecule has 0 bridgehead atoms. The molecule has 0 aliphatic heterocycles. The molecule has 0 unspecified atom stereocenters. The molecule has 0 atom stereocenters. The summed E-state index contributed by atoms with van der Waals surface area (Å²) in [7, 11) is 0. The summed E-state index contributed by atoms with van der Waals surface area (Å²) in [6.07, 6.45) is 5.34. The van der Waals surface area contributed by atoms with E-state index in [4.69, 9.17) is 0 Å². The zero-order valence-electron chi connectivity index (χ0n) is 5.68. The molecule has 2 heterocycles. The van der Waals surface area contributed by atoms with Crippen molar-refractivity contribution in [1.29, 1.82) is 0 Å². The number of nitrogens with zero attached hydrogens (tertiary/aromatic N) is 3. The lowest BCUT2D eigenvalue weighted by molar-refractivity contribution is 0.939. The third kappa shape index (κ3) is 1.66. The average molecular weight is 171 g/mol. The largest absolute Gasteiger partial charge is 0.247 e. The molecule has 0 saturated heterocycles.